The zero-order chi connectivity index (χ0) is 23.4. The lowest BCUT2D eigenvalue weighted by Gasteiger charge is -2.26. The fourth-order valence-electron chi connectivity index (χ4n) is 3.48. The number of thioether (sulfide) groups is 1. The lowest BCUT2D eigenvalue weighted by Crippen LogP contribution is -2.36. The number of rotatable bonds is 7. The maximum Gasteiger partial charge on any atom is 0.237 e. The number of hydrogen-bond acceptors (Lipinski definition) is 9. The minimum absolute atomic E-state index is 0.113. The topological polar surface area (TPSA) is 67.3 Å². The van der Waals surface area contributed by atoms with Crippen molar-refractivity contribution < 1.29 is 9.53 Å². The number of ether oxygens (including phenoxy) is 1. The highest BCUT2D eigenvalue weighted by Crippen LogP contribution is 2.37. The average molecular weight is 519 g/mol. The van der Waals surface area contributed by atoms with Crippen LogP contribution in [0.4, 0.5) is 5.69 Å². The minimum atomic E-state index is -0.891. The Morgan fingerprint density at radius 3 is 2.67 bits per heavy atom. The Bertz CT molecular complexity index is 1130. The van der Waals surface area contributed by atoms with Gasteiger partial charge >= 0.3 is 0 Å². The number of morpholine rings is 1. The second-order valence-corrected chi connectivity index (χ2v) is 12.2. The van der Waals surface area contributed by atoms with Gasteiger partial charge in [0.05, 0.1) is 30.5 Å². The molecule has 10 heteroatoms. The van der Waals surface area contributed by atoms with Crippen molar-refractivity contribution in [3.8, 4) is 0 Å². The number of thiol groups is 3. The second kappa shape index (κ2) is 10.9. The first-order valence-corrected chi connectivity index (χ1v) is 12.8. The Labute approximate surface area is 214 Å². The Balaban J connectivity index is 1.51. The number of fused-ring (bicyclic) bond motifs is 1. The average Bonchev–Trinajstić information content (AvgIpc) is 2.79. The summed E-state index contributed by atoms with van der Waals surface area (Å²) in [6, 6.07) is 15.3. The van der Waals surface area contributed by atoms with Crippen LogP contribution in [0.5, 0.6) is 0 Å². The number of benzene rings is 2. The van der Waals surface area contributed by atoms with E-state index >= 15 is 0 Å². The van der Waals surface area contributed by atoms with Crippen molar-refractivity contribution in [3.63, 3.8) is 0 Å². The summed E-state index contributed by atoms with van der Waals surface area (Å²) in [7, 11) is 0. The van der Waals surface area contributed by atoms with E-state index in [1.807, 2.05) is 55.5 Å². The van der Waals surface area contributed by atoms with Gasteiger partial charge in [-0.2, -0.15) is 0 Å². The summed E-state index contributed by atoms with van der Waals surface area (Å²) in [6.45, 7) is 5.71. The van der Waals surface area contributed by atoms with E-state index in [0.717, 1.165) is 53.6 Å². The summed E-state index contributed by atoms with van der Waals surface area (Å²) < 4.78 is 4.55. The molecule has 0 aliphatic carbocycles. The van der Waals surface area contributed by atoms with Crippen LogP contribution in [0.15, 0.2) is 53.6 Å². The van der Waals surface area contributed by atoms with Crippen molar-refractivity contribution in [2.45, 2.75) is 27.2 Å². The van der Waals surface area contributed by atoms with Crippen molar-refractivity contribution in [1.29, 1.82) is 0 Å². The molecule has 3 aromatic rings. The first-order valence-electron chi connectivity index (χ1n) is 10.6. The highest BCUT2D eigenvalue weighted by atomic mass is 32.2. The Kier molecular flexibility index (Phi) is 8.14. The number of carbonyl (C=O) groups is 1. The molecule has 0 saturated carbocycles. The molecular formula is C23H26N4O2S4. The number of carbonyl (C=O) groups excluding carboxylic acids is 1. The van der Waals surface area contributed by atoms with Crippen molar-refractivity contribution >= 4 is 72.1 Å². The van der Waals surface area contributed by atoms with Gasteiger partial charge in [-0.05, 0) is 30.7 Å². The molecule has 1 aliphatic rings. The van der Waals surface area contributed by atoms with Crippen molar-refractivity contribution in [1.82, 2.24) is 14.9 Å². The molecule has 1 fully saturated rings. The summed E-state index contributed by atoms with van der Waals surface area (Å²) >= 11 is 14.5. The molecule has 1 saturated heterocycles. The van der Waals surface area contributed by atoms with Gasteiger partial charge in [0.1, 0.15) is 14.3 Å². The monoisotopic (exact) mass is 518 g/mol. The van der Waals surface area contributed by atoms with Crippen LogP contribution >= 0.6 is 49.6 Å². The van der Waals surface area contributed by atoms with E-state index in [-0.39, 0.29) is 11.2 Å². The predicted molar refractivity (Wildman–Crippen MR) is 145 cm³/mol. The van der Waals surface area contributed by atoms with Gasteiger partial charge in [0.15, 0.2) is 0 Å². The molecular weight excluding hydrogens is 493 g/mol. The highest BCUT2D eigenvalue weighted by molar-refractivity contribution is 8.15. The zero-order valence-electron chi connectivity index (χ0n) is 18.1. The van der Waals surface area contributed by atoms with Gasteiger partial charge in [-0.15, -0.1) is 37.9 Å². The molecule has 1 atom stereocenters. The molecule has 6 nitrogen and oxygen atoms in total. The van der Waals surface area contributed by atoms with Crippen LogP contribution in [0, 0.1) is 0 Å². The van der Waals surface area contributed by atoms with E-state index in [0.29, 0.717) is 12.2 Å². The molecule has 2 aromatic carbocycles. The van der Waals surface area contributed by atoms with Crippen LogP contribution in [0.2, 0.25) is 0 Å². The Hall–Kier alpha value is -1.43. The van der Waals surface area contributed by atoms with Crippen molar-refractivity contribution in [3.05, 3.63) is 59.9 Å². The van der Waals surface area contributed by atoms with Crippen LogP contribution in [0.3, 0.4) is 0 Å². The molecule has 1 N–H and O–H groups in total. The molecule has 2 heterocycles. The maximum absolute atomic E-state index is 13.0. The van der Waals surface area contributed by atoms with Crippen LogP contribution in [0.25, 0.3) is 10.9 Å². The summed E-state index contributed by atoms with van der Waals surface area (Å²) in [6.07, 6.45) is 0. The summed E-state index contributed by atoms with van der Waals surface area (Å²) in [5, 5.41) is 4.36. The largest absolute Gasteiger partial charge is 0.379 e. The number of nitrogens with zero attached hydrogens (tertiary/aromatic N) is 3. The van der Waals surface area contributed by atoms with E-state index in [9.17, 15) is 4.79 Å². The number of amides is 1. The van der Waals surface area contributed by atoms with Crippen LogP contribution in [-0.4, -0.2) is 52.3 Å². The standard InChI is InChI=1S/C23H26N4O2S4/c1-15(21(28)24-17-6-4-5-16(13-17)23(30,31)32)33-22-18-7-2-3-8-19(18)25-20(26-22)14-27-9-11-29-12-10-27/h2-8,13,15,30-32H,9-12,14H2,1H3,(H,24,28). The third-order valence-electron chi connectivity index (χ3n) is 5.26. The molecule has 174 valence electrons. The van der Waals surface area contributed by atoms with Gasteiger partial charge in [0.2, 0.25) is 5.91 Å². The van der Waals surface area contributed by atoms with E-state index < -0.39 is 3.41 Å². The zero-order valence-corrected chi connectivity index (χ0v) is 21.6. The SMILES string of the molecule is CC(Sc1nc(CN2CCOCC2)nc2ccccc12)C(=O)Nc1cccc(C(S)(S)S)c1. The minimum Gasteiger partial charge on any atom is -0.379 e. The highest BCUT2D eigenvalue weighted by Gasteiger charge is 2.21. The number of nitrogens with one attached hydrogen (secondary N) is 1. The quantitative estimate of drug-likeness (QED) is 0.160. The van der Waals surface area contributed by atoms with E-state index in [4.69, 9.17) is 14.7 Å². The van der Waals surface area contributed by atoms with Crippen molar-refractivity contribution in [2.75, 3.05) is 31.6 Å². The molecule has 0 bridgehead atoms. The molecule has 1 aliphatic heterocycles. The first-order chi connectivity index (χ1) is 15.8. The summed E-state index contributed by atoms with van der Waals surface area (Å²) in [4.78, 5) is 24.8. The molecule has 0 radical (unpaired) electrons. The number of hydrogen-bond donors (Lipinski definition) is 4. The van der Waals surface area contributed by atoms with Gasteiger partial charge in [-0.3, -0.25) is 9.69 Å². The predicted octanol–water partition coefficient (Wildman–Crippen LogP) is 4.48. The molecule has 33 heavy (non-hydrogen) atoms. The van der Waals surface area contributed by atoms with Gasteiger partial charge in [0, 0.05) is 24.2 Å². The van der Waals surface area contributed by atoms with Crippen LogP contribution in [-0.2, 0) is 19.5 Å². The molecule has 1 aromatic heterocycles. The van der Waals surface area contributed by atoms with Crippen LogP contribution in [0.1, 0.15) is 18.3 Å². The summed E-state index contributed by atoms with van der Waals surface area (Å²) in [5.41, 5.74) is 2.34. The first kappa shape index (κ1) is 24.7. The van der Waals surface area contributed by atoms with Crippen molar-refractivity contribution in [2.24, 2.45) is 0 Å². The fraction of sp³-hybridized carbons (Fsp3) is 0.348. The van der Waals surface area contributed by atoms with E-state index in [1.165, 1.54) is 11.8 Å². The second-order valence-electron chi connectivity index (χ2n) is 7.82. The number of para-hydroxylation sites is 1. The lowest BCUT2D eigenvalue weighted by molar-refractivity contribution is -0.115. The molecule has 1 unspecified atom stereocenters. The van der Waals surface area contributed by atoms with E-state index in [1.54, 1.807) is 0 Å². The summed E-state index contributed by atoms with van der Waals surface area (Å²) in [5.74, 6) is 0.642. The van der Waals surface area contributed by atoms with Crippen LogP contribution < -0.4 is 5.32 Å². The van der Waals surface area contributed by atoms with Gasteiger partial charge < -0.3 is 10.1 Å². The Morgan fingerprint density at radius 1 is 1.15 bits per heavy atom. The van der Waals surface area contributed by atoms with Gasteiger partial charge in [-0.25, -0.2) is 9.97 Å². The third-order valence-corrected chi connectivity index (χ3v) is 7.14. The molecule has 1 amide bonds. The third kappa shape index (κ3) is 6.58. The Morgan fingerprint density at radius 2 is 1.91 bits per heavy atom. The normalized spacial score (nSPS) is 16.0. The van der Waals surface area contributed by atoms with Gasteiger partial charge in [0.25, 0.3) is 0 Å². The van der Waals surface area contributed by atoms with Gasteiger partial charge in [-0.1, -0.05) is 42.1 Å². The number of anilines is 1. The smallest absolute Gasteiger partial charge is 0.237 e. The maximum atomic E-state index is 13.0. The lowest BCUT2D eigenvalue weighted by atomic mass is 10.2. The molecule has 4 rings (SSSR count). The van der Waals surface area contributed by atoms with E-state index in [2.05, 4.69) is 48.1 Å². The fourth-order valence-corrected chi connectivity index (χ4v) is 4.86. The molecule has 0 spiro atoms. The number of aromatic nitrogens is 2.